The standard InChI is InChI=1S/C15H12O3S/c16-15(13-7-3-1-4-8-13)11-12-19(17,18)14-9-5-2-6-10-14/h1-12H/b12-11-. The van der Waals surface area contributed by atoms with Gasteiger partial charge >= 0.3 is 0 Å². The predicted octanol–water partition coefficient (Wildman–Crippen LogP) is 2.86. The molecule has 0 saturated heterocycles. The minimum Gasteiger partial charge on any atom is -0.289 e. The lowest BCUT2D eigenvalue weighted by atomic mass is 10.1. The molecule has 4 heteroatoms. The number of hydrogen-bond acceptors (Lipinski definition) is 3. The highest BCUT2D eigenvalue weighted by Gasteiger charge is 2.10. The summed E-state index contributed by atoms with van der Waals surface area (Å²) in [7, 11) is -3.56. The third kappa shape index (κ3) is 3.39. The third-order valence-electron chi connectivity index (χ3n) is 2.53. The molecule has 96 valence electrons. The van der Waals surface area contributed by atoms with Crippen molar-refractivity contribution < 1.29 is 13.2 Å². The van der Waals surface area contributed by atoms with Crippen LogP contribution in [0.25, 0.3) is 0 Å². The van der Waals surface area contributed by atoms with E-state index in [1.54, 1.807) is 48.5 Å². The number of ketones is 1. The number of carbonyl (C=O) groups is 1. The van der Waals surface area contributed by atoms with Gasteiger partial charge in [-0.1, -0.05) is 48.5 Å². The Balaban J connectivity index is 2.22. The number of hydrogen-bond donors (Lipinski definition) is 0. The van der Waals surface area contributed by atoms with E-state index in [-0.39, 0.29) is 10.7 Å². The van der Waals surface area contributed by atoms with Crippen molar-refractivity contribution >= 4 is 15.6 Å². The van der Waals surface area contributed by atoms with Crippen LogP contribution < -0.4 is 0 Å². The Labute approximate surface area is 112 Å². The highest BCUT2D eigenvalue weighted by atomic mass is 32.2. The lowest BCUT2D eigenvalue weighted by molar-refractivity contribution is 0.104. The van der Waals surface area contributed by atoms with Crippen LogP contribution >= 0.6 is 0 Å². The average molecular weight is 272 g/mol. The Kier molecular flexibility index (Phi) is 3.92. The summed E-state index contributed by atoms with van der Waals surface area (Å²) < 4.78 is 23.9. The molecule has 2 rings (SSSR count). The zero-order valence-electron chi connectivity index (χ0n) is 10.1. The Morgan fingerprint density at radius 2 is 1.37 bits per heavy atom. The summed E-state index contributed by atoms with van der Waals surface area (Å²) >= 11 is 0. The molecule has 0 amide bonds. The average Bonchev–Trinajstić information content (AvgIpc) is 2.47. The molecule has 0 aliphatic carbocycles. The van der Waals surface area contributed by atoms with Crippen LogP contribution in [0.15, 0.2) is 77.0 Å². The van der Waals surface area contributed by atoms with Gasteiger partial charge < -0.3 is 0 Å². The van der Waals surface area contributed by atoms with Crippen LogP contribution in [0.1, 0.15) is 10.4 Å². The summed E-state index contributed by atoms with van der Waals surface area (Å²) in [6, 6.07) is 16.5. The van der Waals surface area contributed by atoms with E-state index in [1.807, 2.05) is 0 Å². The SMILES string of the molecule is O=C(/C=C\S(=O)(=O)c1ccccc1)c1ccccc1. The van der Waals surface area contributed by atoms with Gasteiger partial charge in [-0.15, -0.1) is 0 Å². The summed E-state index contributed by atoms with van der Waals surface area (Å²) in [5.74, 6) is -0.333. The van der Waals surface area contributed by atoms with E-state index in [1.165, 1.54) is 12.1 Å². The third-order valence-corrected chi connectivity index (χ3v) is 3.95. The second-order valence-electron chi connectivity index (χ2n) is 3.89. The number of sulfone groups is 1. The first-order chi connectivity index (χ1) is 9.09. The first-order valence-corrected chi connectivity index (χ1v) is 7.22. The van der Waals surface area contributed by atoms with Gasteiger partial charge in [0.2, 0.25) is 0 Å². The van der Waals surface area contributed by atoms with Crippen molar-refractivity contribution in [3.8, 4) is 0 Å². The molecular formula is C15H12O3S. The van der Waals surface area contributed by atoms with Crippen LogP contribution in [0, 0.1) is 0 Å². The van der Waals surface area contributed by atoms with Gasteiger partial charge in [0.25, 0.3) is 0 Å². The molecule has 2 aromatic carbocycles. The molecule has 19 heavy (non-hydrogen) atoms. The molecule has 0 bridgehead atoms. The Hall–Kier alpha value is -2.20. The molecule has 0 aromatic heterocycles. The van der Waals surface area contributed by atoms with Crippen LogP contribution in [0.4, 0.5) is 0 Å². The molecule has 0 radical (unpaired) electrons. The molecule has 2 aromatic rings. The Morgan fingerprint density at radius 3 is 1.95 bits per heavy atom. The normalized spacial score (nSPS) is 11.6. The van der Waals surface area contributed by atoms with Crippen molar-refractivity contribution in [3.63, 3.8) is 0 Å². The highest BCUT2D eigenvalue weighted by molar-refractivity contribution is 7.94. The van der Waals surface area contributed by atoms with Crippen LogP contribution in [0.5, 0.6) is 0 Å². The Morgan fingerprint density at radius 1 is 0.842 bits per heavy atom. The van der Waals surface area contributed by atoms with Gasteiger partial charge in [-0.05, 0) is 18.2 Å². The van der Waals surface area contributed by atoms with E-state index in [4.69, 9.17) is 0 Å². The number of carbonyl (C=O) groups excluding carboxylic acids is 1. The number of allylic oxidation sites excluding steroid dienone is 1. The lowest BCUT2D eigenvalue weighted by Gasteiger charge is -1.98. The van der Waals surface area contributed by atoms with Crippen molar-refractivity contribution in [1.82, 2.24) is 0 Å². The van der Waals surface area contributed by atoms with Gasteiger partial charge in [-0.2, -0.15) is 0 Å². The predicted molar refractivity (Wildman–Crippen MR) is 73.5 cm³/mol. The van der Waals surface area contributed by atoms with E-state index in [0.717, 1.165) is 11.5 Å². The number of benzene rings is 2. The maximum Gasteiger partial charge on any atom is 0.199 e. The second kappa shape index (κ2) is 5.63. The topological polar surface area (TPSA) is 51.2 Å². The fourth-order valence-corrected chi connectivity index (χ4v) is 2.54. The van der Waals surface area contributed by atoms with Gasteiger partial charge in [0.05, 0.1) is 4.90 Å². The molecule has 0 aliphatic heterocycles. The molecule has 0 atom stereocenters. The van der Waals surface area contributed by atoms with E-state index in [0.29, 0.717) is 5.56 Å². The molecule has 3 nitrogen and oxygen atoms in total. The van der Waals surface area contributed by atoms with Crippen LogP contribution in [-0.4, -0.2) is 14.2 Å². The minimum absolute atomic E-state index is 0.173. The molecule has 0 spiro atoms. The Bertz CT molecular complexity index is 687. The van der Waals surface area contributed by atoms with Crippen molar-refractivity contribution in [2.24, 2.45) is 0 Å². The fraction of sp³-hybridized carbons (Fsp3) is 0. The minimum atomic E-state index is -3.56. The molecule has 0 N–H and O–H groups in total. The first-order valence-electron chi connectivity index (χ1n) is 5.67. The van der Waals surface area contributed by atoms with E-state index < -0.39 is 9.84 Å². The summed E-state index contributed by atoms with van der Waals surface area (Å²) in [4.78, 5) is 11.9. The zero-order chi connectivity index (χ0) is 13.7. The van der Waals surface area contributed by atoms with Crippen LogP contribution in [0.2, 0.25) is 0 Å². The molecule has 0 heterocycles. The van der Waals surface area contributed by atoms with Gasteiger partial charge in [-0.25, -0.2) is 8.42 Å². The lowest BCUT2D eigenvalue weighted by Crippen LogP contribution is -1.99. The molecule has 0 unspecified atom stereocenters. The van der Waals surface area contributed by atoms with E-state index in [9.17, 15) is 13.2 Å². The second-order valence-corrected chi connectivity index (χ2v) is 5.72. The highest BCUT2D eigenvalue weighted by Crippen LogP contribution is 2.11. The quantitative estimate of drug-likeness (QED) is 0.635. The first kappa shape index (κ1) is 13.2. The van der Waals surface area contributed by atoms with Gasteiger partial charge in [0, 0.05) is 11.0 Å². The molecule has 0 aliphatic rings. The molecule has 0 fully saturated rings. The van der Waals surface area contributed by atoms with Crippen molar-refractivity contribution in [1.29, 1.82) is 0 Å². The van der Waals surface area contributed by atoms with Gasteiger partial charge in [0.1, 0.15) is 0 Å². The van der Waals surface area contributed by atoms with Gasteiger partial charge in [-0.3, -0.25) is 4.79 Å². The zero-order valence-corrected chi connectivity index (χ0v) is 10.9. The van der Waals surface area contributed by atoms with Gasteiger partial charge in [0.15, 0.2) is 15.6 Å². The maximum atomic E-state index is 11.9. The van der Waals surface area contributed by atoms with Crippen molar-refractivity contribution in [3.05, 3.63) is 77.7 Å². The fourth-order valence-electron chi connectivity index (χ4n) is 1.54. The van der Waals surface area contributed by atoms with Crippen LogP contribution in [-0.2, 0) is 9.84 Å². The number of rotatable bonds is 4. The van der Waals surface area contributed by atoms with Crippen molar-refractivity contribution in [2.75, 3.05) is 0 Å². The molecular weight excluding hydrogens is 260 g/mol. The van der Waals surface area contributed by atoms with E-state index in [2.05, 4.69) is 0 Å². The van der Waals surface area contributed by atoms with Crippen LogP contribution in [0.3, 0.4) is 0 Å². The van der Waals surface area contributed by atoms with Crippen molar-refractivity contribution in [2.45, 2.75) is 4.90 Å². The summed E-state index contributed by atoms with van der Waals surface area (Å²) in [6.45, 7) is 0. The summed E-state index contributed by atoms with van der Waals surface area (Å²) in [6.07, 6.45) is 1.08. The summed E-state index contributed by atoms with van der Waals surface area (Å²) in [5, 5.41) is 0.942. The monoisotopic (exact) mass is 272 g/mol. The maximum absolute atomic E-state index is 11.9. The smallest absolute Gasteiger partial charge is 0.199 e. The summed E-state index contributed by atoms with van der Waals surface area (Å²) in [5.41, 5.74) is 0.460. The largest absolute Gasteiger partial charge is 0.289 e. The molecule has 0 saturated carbocycles. The van der Waals surface area contributed by atoms with E-state index >= 15 is 0 Å².